The molecule has 0 amide bonds. The molecule has 0 bridgehead atoms. The van der Waals surface area contributed by atoms with E-state index in [1.165, 1.54) is 0 Å². The van der Waals surface area contributed by atoms with Gasteiger partial charge < -0.3 is 24.3 Å². The molecule has 0 aromatic heterocycles. The normalized spacial score (nSPS) is 11.6. The lowest BCUT2D eigenvalue weighted by Gasteiger charge is -2.28. The summed E-state index contributed by atoms with van der Waals surface area (Å²) >= 11 is 0. The van der Waals surface area contributed by atoms with E-state index in [1.807, 2.05) is 45.0 Å². The van der Waals surface area contributed by atoms with Gasteiger partial charge >= 0.3 is 8.80 Å². The molecule has 0 aliphatic rings. The third-order valence-electron chi connectivity index (χ3n) is 3.03. The Hall–Kier alpha value is -1.08. The van der Waals surface area contributed by atoms with Gasteiger partial charge in [-0.05, 0) is 39.3 Å². The Morgan fingerprint density at radius 3 is 2.10 bits per heavy atom. The van der Waals surface area contributed by atoms with E-state index in [0.717, 1.165) is 30.4 Å². The Labute approximate surface area is 129 Å². The molecule has 1 rings (SSSR count). The molecule has 0 aliphatic heterocycles. The molecule has 0 atom stereocenters. The Morgan fingerprint density at radius 2 is 1.57 bits per heavy atom. The van der Waals surface area contributed by atoms with Crippen molar-refractivity contribution in [1.29, 1.82) is 0 Å². The molecule has 21 heavy (non-hydrogen) atoms. The molecule has 0 saturated heterocycles. The number of anilines is 2. The molecule has 3 N–H and O–H groups in total. The molecule has 0 unspecified atom stereocenters. The van der Waals surface area contributed by atoms with Crippen LogP contribution in [-0.2, 0) is 13.3 Å². The van der Waals surface area contributed by atoms with Crippen molar-refractivity contribution in [3.05, 3.63) is 24.3 Å². The van der Waals surface area contributed by atoms with Crippen molar-refractivity contribution < 1.29 is 13.3 Å². The molecule has 0 fully saturated rings. The van der Waals surface area contributed by atoms with Gasteiger partial charge in [-0.15, -0.1) is 0 Å². The molecule has 120 valence electrons. The van der Waals surface area contributed by atoms with Gasteiger partial charge in [-0.1, -0.05) is 12.1 Å². The minimum absolute atomic E-state index is 0.616. The Morgan fingerprint density at radius 1 is 1.00 bits per heavy atom. The number of nitrogens with two attached hydrogens (primary N) is 1. The first-order valence-corrected chi connectivity index (χ1v) is 9.60. The fraction of sp³-hybridized carbons (Fsp3) is 0.600. The number of para-hydroxylation sites is 2. The van der Waals surface area contributed by atoms with Crippen LogP contribution >= 0.6 is 0 Å². The van der Waals surface area contributed by atoms with E-state index < -0.39 is 8.80 Å². The topological polar surface area (TPSA) is 65.7 Å². The largest absolute Gasteiger partial charge is 0.500 e. The third kappa shape index (κ3) is 6.05. The molecule has 0 saturated carbocycles. The van der Waals surface area contributed by atoms with E-state index in [9.17, 15) is 0 Å². The van der Waals surface area contributed by atoms with Crippen LogP contribution in [0.3, 0.4) is 0 Å². The average molecular weight is 312 g/mol. The zero-order valence-corrected chi connectivity index (χ0v) is 14.4. The first kappa shape index (κ1) is 18.0. The second-order valence-corrected chi connectivity index (χ2v) is 7.33. The first-order chi connectivity index (χ1) is 10.2. The van der Waals surface area contributed by atoms with Gasteiger partial charge in [0.1, 0.15) is 0 Å². The molecular formula is C15H28N2O3Si. The van der Waals surface area contributed by atoms with Crippen molar-refractivity contribution in [1.82, 2.24) is 0 Å². The summed E-state index contributed by atoms with van der Waals surface area (Å²) in [4.78, 5) is 0. The lowest BCUT2D eigenvalue weighted by atomic mass is 10.2. The summed E-state index contributed by atoms with van der Waals surface area (Å²) in [5.74, 6) is 0. The molecule has 1 aromatic carbocycles. The van der Waals surface area contributed by atoms with Crippen LogP contribution in [0.5, 0.6) is 0 Å². The van der Waals surface area contributed by atoms with Gasteiger partial charge in [-0.25, -0.2) is 0 Å². The zero-order valence-electron chi connectivity index (χ0n) is 13.4. The quantitative estimate of drug-likeness (QED) is 0.373. The maximum atomic E-state index is 5.90. The zero-order chi connectivity index (χ0) is 15.6. The van der Waals surface area contributed by atoms with Crippen molar-refractivity contribution in [2.75, 3.05) is 37.4 Å². The fourth-order valence-corrected chi connectivity index (χ4v) is 4.80. The van der Waals surface area contributed by atoms with Crippen molar-refractivity contribution >= 4 is 20.2 Å². The monoisotopic (exact) mass is 312 g/mol. The molecular weight excluding hydrogens is 284 g/mol. The summed E-state index contributed by atoms with van der Waals surface area (Å²) in [6, 6.07) is 8.58. The smallest absolute Gasteiger partial charge is 0.397 e. The fourth-order valence-electron chi connectivity index (χ4n) is 2.19. The highest BCUT2D eigenvalue weighted by Crippen LogP contribution is 2.20. The second kappa shape index (κ2) is 9.78. The highest BCUT2D eigenvalue weighted by molar-refractivity contribution is 6.60. The third-order valence-corrected chi connectivity index (χ3v) is 6.18. The predicted molar refractivity (Wildman–Crippen MR) is 89.4 cm³/mol. The summed E-state index contributed by atoms with van der Waals surface area (Å²) in [7, 11) is -2.52. The Bertz CT molecular complexity index is 387. The van der Waals surface area contributed by atoms with Crippen LogP contribution in [0.25, 0.3) is 0 Å². The number of benzene rings is 1. The van der Waals surface area contributed by atoms with Gasteiger partial charge in [-0.2, -0.15) is 0 Å². The summed E-state index contributed by atoms with van der Waals surface area (Å²) in [5, 5.41) is 3.34. The minimum Gasteiger partial charge on any atom is -0.397 e. The number of hydrogen-bond acceptors (Lipinski definition) is 5. The van der Waals surface area contributed by atoms with E-state index in [-0.39, 0.29) is 0 Å². The molecule has 6 heteroatoms. The highest BCUT2D eigenvalue weighted by atomic mass is 28.4. The van der Waals surface area contributed by atoms with E-state index in [2.05, 4.69) is 5.32 Å². The molecule has 1 aromatic rings. The Balaban J connectivity index is 2.47. The summed E-state index contributed by atoms with van der Waals surface area (Å²) in [5.41, 5.74) is 7.63. The summed E-state index contributed by atoms with van der Waals surface area (Å²) in [6.07, 6.45) is 0.917. The van der Waals surface area contributed by atoms with Crippen LogP contribution < -0.4 is 11.1 Å². The standard InChI is InChI=1S/C15H28N2O3Si/c1-4-18-21(19-5-2,20-6-3)13-9-12-17-15-11-8-7-10-14(15)16/h7-8,10-11,17H,4-6,9,12-13,16H2,1-3H3. The molecule has 0 heterocycles. The number of hydrogen-bond donors (Lipinski definition) is 2. The average Bonchev–Trinajstić information content (AvgIpc) is 2.46. The van der Waals surface area contributed by atoms with Gasteiger partial charge in [0.2, 0.25) is 0 Å². The highest BCUT2D eigenvalue weighted by Gasteiger charge is 2.39. The van der Waals surface area contributed by atoms with Crippen LogP contribution in [0.2, 0.25) is 6.04 Å². The van der Waals surface area contributed by atoms with E-state index in [0.29, 0.717) is 19.8 Å². The van der Waals surface area contributed by atoms with Gasteiger partial charge in [-0.3, -0.25) is 0 Å². The van der Waals surface area contributed by atoms with Crippen LogP contribution in [0.15, 0.2) is 24.3 Å². The molecule has 0 radical (unpaired) electrons. The summed E-state index contributed by atoms with van der Waals surface area (Å²) < 4.78 is 17.5. The van der Waals surface area contributed by atoms with Gasteiger partial charge in [0.05, 0.1) is 11.4 Å². The van der Waals surface area contributed by atoms with Crippen molar-refractivity contribution in [3.8, 4) is 0 Å². The van der Waals surface area contributed by atoms with Crippen molar-refractivity contribution in [3.63, 3.8) is 0 Å². The van der Waals surface area contributed by atoms with Crippen molar-refractivity contribution in [2.45, 2.75) is 33.2 Å². The lowest BCUT2D eigenvalue weighted by Crippen LogP contribution is -2.46. The molecule has 0 spiro atoms. The lowest BCUT2D eigenvalue weighted by molar-refractivity contribution is 0.0710. The number of nitrogens with one attached hydrogen (secondary N) is 1. The number of nitrogen functional groups attached to an aromatic ring is 1. The molecule has 0 aliphatic carbocycles. The Kier molecular flexibility index (Phi) is 8.37. The van der Waals surface area contributed by atoms with E-state index >= 15 is 0 Å². The van der Waals surface area contributed by atoms with Crippen LogP contribution in [-0.4, -0.2) is 35.2 Å². The molecule has 5 nitrogen and oxygen atoms in total. The summed E-state index contributed by atoms with van der Waals surface area (Å²) in [6.45, 7) is 8.59. The van der Waals surface area contributed by atoms with Crippen LogP contribution in [0.1, 0.15) is 27.2 Å². The van der Waals surface area contributed by atoms with Crippen molar-refractivity contribution in [2.24, 2.45) is 0 Å². The van der Waals surface area contributed by atoms with Gasteiger partial charge in [0.15, 0.2) is 0 Å². The minimum atomic E-state index is -2.52. The van der Waals surface area contributed by atoms with E-state index in [1.54, 1.807) is 0 Å². The van der Waals surface area contributed by atoms with Crippen LogP contribution in [0.4, 0.5) is 11.4 Å². The van der Waals surface area contributed by atoms with Crippen LogP contribution in [0, 0.1) is 0 Å². The first-order valence-electron chi connectivity index (χ1n) is 7.67. The van der Waals surface area contributed by atoms with Gasteiger partial charge in [0, 0.05) is 32.4 Å². The van der Waals surface area contributed by atoms with E-state index in [4.69, 9.17) is 19.0 Å². The second-order valence-electron chi connectivity index (χ2n) is 4.60. The van der Waals surface area contributed by atoms with Gasteiger partial charge in [0.25, 0.3) is 0 Å². The maximum absolute atomic E-state index is 5.90. The maximum Gasteiger partial charge on any atom is 0.500 e. The number of rotatable bonds is 11. The predicted octanol–water partition coefficient (Wildman–Crippen LogP) is 3.12. The SMILES string of the molecule is CCO[Si](CCCNc1ccccc1N)(OCC)OCC.